The molecule has 0 unspecified atom stereocenters. The van der Waals surface area contributed by atoms with Crippen molar-refractivity contribution in [2.75, 3.05) is 13.6 Å². The van der Waals surface area contributed by atoms with Gasteiger partial charge in [-0.25, -0.2) is 9.55 Å². The van der Waals surface area contributed by atoms with Gasteiger partial charge in [-0.3, -0.25) is 0 Å². The van der Waals surface area contributed by atoms with Crippen molar-refractivity contribution in [1.29, 1.82) is 0 Å². The lowest BCUT2D eigenvalue weighted by atomic mass is 10.5. The van der Waals surface area contributed by atoms with Crippen LogP contribution < -0.4 is 5.32 Å². The number of nitro groups is 1. The monoisotopic (exact) mass is 244 g/mol. The van der Waals surface area contributed by atoms with Gasteiger partial charge in [0.1, 0.15) is 12.7 Å². The predicted octanol–water partition coefficient (Wildman–Crippen LogP) is 2.37. The van der Waals surface area contributed by atoms with E-state index in [1.54, 1.807) is 18.5 Å². The van der Waals surface area contributed by atoms with Crippen LogP contribution in [0.15, 0.2) is 6.20 Å². The van der Waals surface area contributed by atoms with Crippen LogP contribution in [0.1, 0.15) is 33.5 Å². The smallest absolute Gasteiger partial charge is 0.342 e. The lowest BCUT2D eigenvalue weighted by Gasteiger charge is -2.01. The summed E-state index contributed by atoms with van der Waals surface area (Å²) in [6, 6.07) is 0. The Hall–Kier alpha value is -1.43. The SMILES string of the molecule is CC.CC.CNCCn1c([N+](=O)[O-])cnc1C. The molecule has 0 saturated carbocycles. The minimum absolute atomic E-state index is 0.0488. The van der Waals surface area contributed by atoms with Crippen molar-refractivity contribution in [2.24, 2.45) is 0 Å². The highest BCUT2D eigenvalue weighted by Gasteiger charge is 2.15. The lowest BCUT2D eigenvalue weighted by Crippen LogP contribution is -2.16. The molecule has 1 aromatic heterocycles. The van der Waals surface area contributed by atoms with Crippen LogP contribution in [-0.2, 0) is 6.54 Å². The molecule has 1 aromatic rings. The number of hydrogen-bond acceptors (Lipinski definition) is 4. The van der Waals surface area contributed by atoms with E-state index in [4.69, 9.17) is 0 Å². The summed E-state index contributed by atoms with van der Waals surface area (Å²) in [5.74, 6) is 0.717. The Bertz CT molecular complexity index is 310. The highest BCUT2D eigenvalue weighted by molar-refractivity contribution is 5.18. The van der Waals surface area contributed by atoms with Crippen molar-refractivity contribution >= 4 is 5.82 Å². The van der Waals surface area contributed by atoms with Crippen LogP contribution in [0.2, 0.25) is 0 Å². The molecule has 0 bridgehead atoms. The standard InChI is InChI=1S/C7H12N4O2.2C2H6/c1-6-9-5-7(11(12)13)10(6)4-3-8-2;2*1-2/h5,8H,3-4H2,1-2H3;2*1-2H3. The predicted molar refractivity (Wildman–Crippen MR) is 70.2 cm³/mol. The number of rotatable bonds is 4. The van der Waals surface area contributed by atoms with E-state index in [1.807, 2.05) is 27.7 Å². The van der Waals surface area contributed by atoms with Gasteiger partial charge in [0.25, 0.3) is 0 Å². The van der Waals surface area contributed by atoms with E-state index in [-0.39, 0.29) is 5.82 Å². The molecule has 6 nitrogen and oxygen atoms in total. The normalized spacial score (nSPS) is 8.59. The van der Waals surface area contributed by atoms with E-state index in [9.17, 15) is 10.1 Å². The molecule has 1 heterocycles. The lowest BCUT2D eigenvalue weighted by molar-refractivity contribution is -0.392. The maximum atomic E-state index is 10.5. The van der Waals surface area contributed by atoms with Crippen LogP contribution in [0.4, 0.5) is 5.82 Å². The van der Waals surface area contributed by atoms with Gasteiger partial charge >= 0.3 is 5.82 Å². The van der Waals surface area contributed by atoms with Gasteiger partial charge in [0.2, 0.25) is 0 Å². The van der Waals surface area contributed by atoms with E-state index in [0.29, 0.717) is 18.9 Å². The summed E-state index contributed by atoms with van der Waals surface area (Å²) < 4.78 is 1.58. The second-order valence-corrected chi connectivity index (χ2v) is 2.68. The molecule has 0 saturated heterocycles. The van der Waals surface area contributed by atoms with Gasteiger partial charge in [-0.15, -0.1) is 0 Å². The van der Waals surface area contributed by atoms with Crippen molar-refractivity contribution in [1.82, 2.24) is 14.9 Å². The Labute approximate surface area is 103 Å². The molecule has 0 aliphatic carbocycles. The van der Waals surface area contributed by atoms with Crippen LogP contribution in [0.3, 0.4) is 0 Å². The molecule has 0 fully saturated rings. The summed E-state index contributed by atoms with van der Waals surface area (Å²) in [4.78, 5) is 14.0. The Morgan fingerprint density at radius 1 is 1.41 bits per heavy atom. The molecule has 100 valence electrons. The van der Waals surface area contributed by atoms with Crippen LogP contribution in [0.5, 0.6) is 0 Å². The summed E-state index contributed by atoms with van der Waals surface area (Å²) in [6.07, 6.45) is 1.28. The molecule has 0 aliphatic heterocycles. The fourth-order valence-electron chi connectivity index (χ4n) is 1.10. The third kappa shape index (κ3) is 6.01. The van der Waals surface area contributed by atoms with E-state index in [2.05, 4.69) is 10.3 Å². The summed E-state index contributed by atoms with van der Waals surface area (Å²) in [7, 11) is 1.80. The molecule has 1 rings (SSSR count). The Morgan fingerprint density at radius 2 is 1.94 bits per heavy atom. The molecule has 0 aliphatic rings. The van der Waals surface area contributed by atoms with E-state index in [1.165, 1.54) is 6.20 Å². The minimum atomic E-state index is -0.421. The van der Waals surface area contributed by atoms with Crippen LogP contribution in [0.25, 0.3) is 0 Å². The molecule has 0 radical (unpaired) electrons. The highest BCUT2D eigenvalue weighted by atomic mass is 16.6. The first-order valence-corrected chi connectivity index (χ1v) is 5.98. The summed E-state index contributed by atoms with van der Waals surface area (Å²) >= 11 is 0. The number of nitrogens with one attached hydrogen (secondary N) is 1. The summed E-state index contributed by atoms with van der Waals surface area (Å²) in [5.41, 5.74) is 0. The van der Waals surface area contributed by atoms with Crippen molar-refractivity contribution in [3.63, 3.8) is 0 Å². The first kappa shape index (κ1) is 17.9. The number of aryl methyl sites for hydroxylation is 1. The van der Waals surface area contributed by atoms with Gasteiger partial charge in [-0.05, 0) is 12.0 Å². The van der Waals surface area contributed by atoms with E-state index >= 15 is 0 Å². The second-order valence-electron chi connectivity index (χ2n) is 2.68. The van der Waals surface area contributed by atoms with Crippen molar-refractivity contribution in [3.05, 3.63) is 22.1 Å². The number of likely N-dealkylation sites (N-methyl/N-ethyl adjacent to an activating group) is 1. The maximum absolute atomic E-state index is 10.5. The largest absolute Gasteiger partial charge is 0.358 e. The number of nitrogens with zero attached hydrogens (tertiary/aromatic N) is 3. The molecule has 0 atom stereocenters. The van der Waals surface area contributed by atoms with Crippen LogP contribution >= 0.6 is 0 Å². The average molecular weight is 244 g/mol. The van der Waals surface area contributed by atoms with Gasteiger partial charge in [0.05, 0.1) is 0 Å². The van der Waals surface area contributed by atoms with Gasteiger partial charge in [0, 0.05) is 13.5 Å². The molecular formula is C11H24N4O2. The van der Waals surface area contributed by atoms with E-state index < -0.39 is 4.92 Å². The maximum Gasteiger partial charge on any atom is 0.342 e. The fourth-order valence-corrected chi connectivity index (χ4v) is 1.10. The van der Waals surface area contributed by atoms with Gasteiger partial charge in [-0.1, -0.05) is 27.7 Å². The first-order valence-electron chi connectivity index (χ1n) is 5.98. The van der Waals surface area contributed by atoms with Crippen LogP contribution in [-0.4, -0.2) is 28.1 Å². The average Bonchev–Trinajstić information content (AvgIpc) is 2.73. The molecule has 17 heavy (non-hydrogen) atoms. The zero-order chi connectivity index (χ0) is 13.8. The van der Waals surface area contributed by atoms with Crippen LogP contribution in [0, 0.1) is 17.0 Å². The number of imidazole rings is 1. The summed E-state index contributed by atoms with van der Waals surface area (Å²) in [6.45, 7) is 11.0. The zero-order valence-electron chi connectivity index (χ0n) is 11.6. The van der Waals surface area contributed by atoms with E-state index in [0.717, 1.165) is 0 Å². The molecule has 6 heteroatoms. The Kier molecular flexibility index (Phi) is 11.7. The molecule has 0 spiro atoms. The quantitative estimate of drug-likeness (QED) is 0.652. The number of hydrogen-bond donors (Lipinski definition) is 1. The highest BCUT2D eigenvalue weighted by Crippen LogP contribution is 2.12. The third-order valence-corrected chi connectivity index (χ3v) is 1.81. The Balaban J connectivity index is 0. The van der Waals surface area contributed by atoms with Crippen molar-refractivity contribution in [3.8, 4) is 0 Å². The topological polar surface area (TPSA) is 73.0 Å². The number of aromatic nitrogens is 2. The minimum Gasteiger partial charge on any atom is -0.358 e. The second kappa shape index (κ2) is 11.1. The molecule has 0 amide bonds. The first-order chi connectivity index (χ1) is 8.16. The van der Waals surface area contributed by atoms with Gasteiger partial charge in [0.15, 0.2) is 5.82 Å². The third-order valence-electron chi connectivity index (χ3n) is 1.81. The van der Waals surface area contributed by atoms with Gasteiger partial charge < -0.3 is 15.4 Å². The van der Waals surface area contributed by atoms with Gasteiger partial charge in [-0.2, -0.15) is 0 Å². The molecule has 0 aromatic carbocycles. The molecular weight excluding hydrogens is 220 g/mol. The zero-order valence-corrected chi connectivity index (χ0v) is 11.6. The van der Waals surface area contributed by atoms with Crippen molar-refractivity contribution in [2.45, 2.75) is 41.2 Å². The fraction of sp³-hybridized carbons (Fsp3) is 0.727. The Morgan fingerprint density at radius 3 is 2.35 bits per heavy atom. The van der Waals surface area contributed by atoms with Crippen molar-refractivity contribution < 1.29 is 4.92 Å². The molecule has 1 N–H and O–H groups in total. The summed E-state index contributed by atoms with van der Waals surface area (Å²) in [5, 5.41) is 13.5.